The van der Waals surface area contributed by atoms with Crippen LogP contribution >= 0.6 is 0 Å². The van der Waals surface area contributed by atoms with Crippen molar-refractivity contribution in [2.24, 2.45) is 7.05 Å². The second-order valence-electron chi connectivity index (χ2n) is 4.74. The summed E-state index contributed by atoms with van der Waals surface area (Å²) < 4.78 is 7.63. The van der Waals surface area contributed by atoms with E-state index >= 15 is 0 Å². The average Bonchev–Trinajstić information content (AvgIpc) is 2.89. The van der Waals surface area contributed by atoms with Crippen LogP contribution in [0.5, 0.6) is 0 Å². The molecule has 2 aliphatic rings. The molecule has 4 nitrogen and oxygen atoms in total. The van der Waals surface area contributed by atoms with E-state index in [0.717, 1.165) is 23.5 Å². The zero-order chi connectivity index (χ0) is 10.6. The van der Waals surface area contributed by atoms with Gasteiger partial charge < -0.3 is 10.5 Å². The summed E-state index contributed by atoms with van der Waals surface area (Å²) in [5.41, 5.74) is 8.22. The quantitative estimate of drug-likeness (QED) is 0.756. The Kier molecular flexibility index (Phi) is 1.83. The van der Waals surface area contributed by atoms with Crippen LogP contribution < -0.4 is 5.73 Å². The zero-order valence-electron chi connectivity index (χ0n) is 9.23. The average molecular weight is 207 g/mol. The van der Waals surface area contributed by atoms with E-state index < -0.39 is 0 Å². The van der Waals surface area contributed by atoms with Gasteiger partial charge in [0.25, 0.3) is 0 Å². The van der Waals surface area contributed by atoms with Crippen LogP contribution in [0.4, 0.5) is 5.82 Å². The molecular weight excluding hydrogens is 190 g/mol. The van der Waals surface area contributed by atoms with Crippen LogP contribution in [0.1, 0.15) is 36.4 Å². The van der Waals surface area contributed by atoms with Crippen LogP contribution in [0, 0.1) is 6.92 Å². The second kappa shape index (κ2) is 2.98. The Morgan fingerprint density at radius 3 is 2.73 bits per heavy atom. The van der Waals surface area contributed by atoms with Crippen molar-refractivity contribution < 1.29 is 4.74 Å². The zero-order valence-corrected chi connectivity index (χ0v) is 9.23. The summed E-state index contributed by atoms with van der Waals surface area (Å²) in [7, 11) is 1.90. The molecule has 0 aromatic carbocycles. The summed E-state index contributed by atoms with van der Waals surface area (Å²) >= 11 is 0. The molecule has 2 bridgehead atoms. The first kappa shape index (κ1) is 9.21. The fraction of sp³-hybridized carbons (Fsp3) is 0.727. The highest BCUT2D eigenvalue weighted by Gasteiger charge is 2.43. The summed E-state index contributed by atoms with van der Waals surface area (Å²) in [4.78, 5) is 0. The van der Waals surface area contributed by atoms with Crippen molar-refractivity contribution in [2.45, 2.75) is 44.3 Å². The molecule has 1 unspecified atom stereocenters. The van der Waals surface area contributed by atoms with E-state index in [1.54, 1.807) is 4.68 Å². The summed E-state index contributed by atoms with van der Waals surface area (Å²) in [5.74, 6) is 1.26. The molecule has 3 heterocycles. The molecule has 3 rings (SSSR count). The number of hydrogen-bond acceptors (Lipinski definition) is 3. The lowest BCUT2D eigenvalue weighted by molar-refractivity contribution is 0.100. The first-order chi connectivity index (χ1) is 7.16. The molecule has 0 aliphatic carbocycles. The number of aromatic nitrogens is 2. The predicted molar refractivity (Wildman–Crippen MR) is 57.6 cm³/mol. The van der Waals surface area contributed by atoms with Gasteiger partial charge in [0.2, 0.25) is 0 Å². The maximum atomic E-state index is 5.93. The van der Waals surface area contributed by atoms with Gasteiger partial charge in [-0.1, -0.05) is 0 Å². The highest BCUT2D eigenvalue weighted by Crippen LogP contribution is 2.45. The topological polar surface area (TPSA) is 53.1 Å². The molecule has 2 aliphatic heterocycles. The van der Waals surface area contributed by atoms with E-state index in [9.17, 15) is 0 Å². The second-order valence-corrected chi connectivity index (χ2v) is 4.74. The van der Waals surface area contributed by atoms with Gasteiger partial charge >= 0.3 is 0 Å². The summed E-state index contributed by atoms with van der Waals surface area (Å²) in [6.07, 6.45) is 4.40. The molecule has 15 heavy (non-hydrogen) atoms. The number of fused-ring (bicyclic) bond motifs is 2. The van der Waals surface area contributed by atoms with Crippen molar-refractivity contribution in [3.63, 3.8) is 0 Å². The van der Waals surface area contributed by atoms with E-state index in [4.69, 9.17) is 10.5 Å². The molecule has 0 spiro atoms. The Morgan fingerprint density at radius 1 is 1.47 bits per heavy atom. The maximum Gasteiger partial charge on any atom is 0.124 e. The van der Waals surface area contributed by atoms with Crippen LogP contribution in [-0.4, -0.2) is 22.0 Å². The number of ether oxygens (including phenoxy) is 1. The predicted octanol–water partition coefficient (Wildman–Crippen LogP) is 1.35. The van der Waals surface area contributed by atoms with Crippen molar-refractivity contribution in [1.29, 1.82) is 0 Å². The minimum Gasteiger partial charge on any atom is -0.384 e. The normalized spacial score (nSPS) is 33.9. The summed E-state index contributed by atoms with van der Waals surface area (Å²) in [5, 5.41) is 4.52. The molecular formula is C11H17N3O. The van der Waals surface area contributed by atoms with Gasteiger partial charge in [-0.05, 0) is 26.2 Å². The highest BCUT2D eigenvalue weighted by atomic mass is 16.5. The molecule has 2 N–H and O–H groups in total. The van der Waals surface area contributed by atoms with E-state index in [1.807, 2.05) is 7.05 Å². The van der Waals surface area contributed by atoms with Crippen molar-refractivity contribution in [3.05, 3.63) is 11.3 Å². The van der Waals surface area contributed by atoms with Gasteiger partial charge in [-0.15, -0.1) is 0 Å². The van der Waals surface area contributed by atoms with Crippen LogP contribution in [-0.2, 0) is 11.8 Å². The monoisotopic (exact) mass is 207 g/mol. The first-order valence-electron chi connectivity index (χ1n) is 5.61. The van der Waals surface area contributed by atoms with Crippen LogP contribution in [0.15, 0.2) is 0 Å². The molecule has 0 amide bonds. The number of hydrogen-bond donors (Lipinski definition) is 1. The fourth-order valence-electron chi connectivity index (χ4n) is 2.94. The first-order valence-corrected chi connectivity index (χ1v) is 5.61. The van der Waals surface area contributed by atoms with Gasteiger partial charge in [0.05, 0.1) is 17.9 Å². The van der Waals surface area contributed by atoms with Gasteiger partial charge in [0.1, 0.15) is 5.82 Å². The number of aryl methyl sites for hydroxylation is 1. The Bertz CT molecular complexity index is 399. The van der Waals surface area contributed by atoms with E-state index in [2.05, 4.69) is 12.0 Å². The lowest BCUT2D eigenvalue weighted by atomic mass is 9.85. The Balaban J connectivity index is 1.96. The minimum atomic E-state index is 0.392. The molecule has 1 aromatic heterocycles. The van der Waals surface area contributed by atoms with Crippen molar-refractivity contribution >= 4 is 5.82 Å². The van der Waals surface area contributed by atoms with Gasteiger partial charge in [-0.2, -0.15) is 5.10 Å². The Morgan fingerprint density at radius 2 is 2.27 bits per heavy atom. The molecule has 2 fully saturated rings. The number of nitrogens with two attached hydrogens (primary N) is 1. The number of rotatable bonds is 1. The van der Waals surface area contributed by atoms with Crippen LogP contribution in [0.2, 0.25) is 0 Å². The van der Waals surface area contributed by atoms with Gasteiger partial charge in [0.15, 0.2) is 0 Å². The highest BCUT2D eigenvalue weighted by molar-refractivity contribution is 5.44. The number of nitrogen functional groups attached to an aromatic ring is 1. The molecule has 1 aromatic rings. The van der Waals surface area contributed by atoms with Crippen molar-refractivity contribution in [2.75, 3.05) is 5.73 Å². The SMILES string of the molecule is Cc1c(C2C[C@@H]3CC[C@H]2O3)nn(C)c1N. The maximum absolute atomic E-state index is 5.93. The van der Waals surface area contributed by atoms with Crippen LogP contribution in [0.3, 0.4) is 0 Å². The van der Waals surface area contributed by atoms with E-state index in [0.29, 0.717) is 18.1 Å². The Labute approximate surface area is 89.4 Å². The molecule has 0 saturated carbocycles. The largest absolute Gasteiger partial charge is 0.384 e. The van der Waals surface area contributed by atoms with E-state index in [-0.39, 0.29) is 0 Å². The minimum absolute atomic E-state index is 0.392. The molecule has 3 atom stereocenters. The lowest BCUT2D eigenvalue weighted by Gasteiger charge is -2.16. The third-order valence-corrected chi connectivity index (χ3v) is 3.83. The molecule has 82 valence electrons. The Hall–Kier alpha value is -1.03. The summed E-state index contributed by atoms with van der Waals surface area (Å²) in [6, 6.07) is 0. The van der Waals surface area contributed by atoms with Crippen molar-refractivity contribution in [3.8, 4) is 0 Å². The van der Waals surface area contributed by atoms with Gasteiger partial charge in [-0.25, -0.2) is 0 Å². The third kappa shape index (κ3) is 1.21. The smallest absolute Gasteiger partial charge is 0.124 e. The number of anilines is 1. The molecule has 0 radical (unpaired) electrons. The fourth-order valence-corrected chi connectivity index (χ4v) is 2.94. The van der Waals surface area contributed by atoms with Gasteiger partial charge in [-0.3, -0.25) is 4.68 Å². The summed E-state index contributed by atoms with van der Waals surface area (Å²) in [6.45, 7) is 2.06. The van der Waals surface area contributed by atoms with Gasteiger partial charge in [0, 0.05) is 18.5 Å². The van der Waals surface area contributed by atoms with E-state index in [1.165, 1.54) is 12.8 Å². The standard InChI is InChI=1S/C11H17N3O/c1-6-10(13-14(2)11(6)12)8-5-7-3-4-9(8)15-7/h7-9H,3-5,12H2,1-2H3/t7-,8?,9+/m0/s1. The third-order valence-electron chi connectivity index (χ3n) is 3.83. The molecule has 2 saturated heterocycles. The van der Waals surface area contributed by atoms with Crippen molar-refractivity contribution in [1.82, 2.24) is 9.78 Å². The van der Waals surface area contributed by atoms with Crippen LogP contribution in [0.25, 0.3) is 0 Å². The lowest BCUT2D eigenvalue weighted by Crippen LogP contribution is -2.15. The number of nitrogens with zero attached hydrogens (tertiary/aromatic N) is 2. The molecule has 4 heteroatoms.